The summed E-state index contributed by atoms with van der Waals surface area (Å²) >= 11 is 0. The van der Waals surface area contributed by atoms with E-state index in [1.165, 1.54) is 0 Å². The van der Waals surface area contributed by atoms with Crippen molar-refractivity contribution < 1.29 is 19.5 Å². The third kappa shape index (κ3) is 2.64. The highest BCUT2D eigenvalue weighted by Gasteiger charge is 2.35. The Labute approximate surface area is 116 Å². The van der Waals surface area contributed by atoms with Gasteiger partial charge in [-0.2, -0.15) is 0 Å². The minimum atomic E-state index is -1.12. The molecule has 0 saturated carbocycles. The molecule has 0 aromatic heterocycles. The number of nitrogens with one attached hydrogen (secondary N) is 1. The Hall–Kier alpha value is -2.37. The van der Waals surface area contributed by atoms with Gasteiger partial charge in [0.2, 0.25) is 5.91 Å². The summed E-state index contributed by atoms with van der Waals surface area (Å²) in [5.41, 5.74) is 2.11. The number of hydrogen-bond acceptors (Lipinski definition) is 3. The number of aryl methyl sites for hydroxylation is 2. The van der Waals surface area contributed by atoms with Crippen LogP contribution in [0.1, 0.15) is 21.5 Å². The third-order valence-corrected chi connectivity index (χ3v) is 3.35. The van der Waals surface area contributed by atoms with Crippen molar-refractivity contribution in [1.82, 2.24) is 10.2 Å². The number of benzene rings is 1. The first-order valence-electron chi connectivity index (χ1n) is 6.28. The Bertz CT molecular complexity index is 583. The van der Waals surface area contributed by atoms with Crippen molar-refractivity contribution in [3.05, 3.63) is 34.9 Å². The van der Waals surface area contributed by atoms with Crippen molar-refractivity contribution in [2.24, 2.45) is 0 Å². The average Bonchev–Trinajstić information content (AvgIpc) is 2.40. The predicted octanol–water partition coefficient (Wildman–Crippen LogP) is 0.329. The van der Waals surface area contributed by atoms with E-state index in [0.29, 0.717) is 5.56 Å². The molecule has 2 amide bonds. The van der Waals surface area contributed by atoms with Gasteiger partial charge in [-0.1, -0.05) is 17.7 Å². The Morgan fingerprint density at radius 1 is 1.35 bits per heavy atom. The Balaban J connectivity index is 2.36. The molecule has 20 heavy (non-hydrogen) atoms. The van der Waals surface area contributed by atoms with E-state index in [0.717, 1.165) is 16.0 Å². The number of carboxylic acid groups (broad SMARTS) is 1. The Kier molecular flexibility index (Phi) is 3.74. The number of amides is 2. The first kappa shape index (κ1) is 14.0. The Morgan fingerprint density at radius 2 is 2.05 bits per heavy atom. The molecular formula is C14H16N2O4. The number of aliphatic carboxylic acids is 1. The maximum absolute atomic E-state index is 12.5. The molecule has 6 heteroatoms. The number of piperazine rings is 1. The third-order valence-electron chi connectivity index (χ3n) is 3.35. The first-order chi connectivity index (χ1) is 9.40. The predicted molar refractivity (Wildman–Crippen MR) is 71.4 cm³/mol. The smallest absolute Gasteiger partial charge is 0.328 e. The average molecular weight is 276 g/mol. The number of rotatable bonds is 2. The second-order valence-corrected chi connectivity index (χ2v) is 4.91. The summed E-state index contributed by atoms with van der Waals surface area (Å²) in [7, 11) is 0. The summed E-state index contributed by atoms with van der Waals surface area (Å²) in [4.78, 5) is 36.3. The normalized spacial score (nSPS) is 18.6. The van der Waals surface area contributed by atoms with Crippen molar-refractivity contribution in [1.29, 1.82) is 0 Å². The molecular weight excluding hydrogens is 260 g/mol. The highest BCUT2D eigenvalue weighted by Crippen LogP contribution is 2.16. The van der Waals surface area contributed by atoms with E-state index in [4.69, 9.17) is 5.11 Å². The Morgan fingerprint density at radius 3 is 2.70 bits per heavy atom. The molecule has 106 valence electrons. The molecule has 1 aliphatic heterocycles. The minimum absolute atomic E-state index is 0.0647. The van der Waals surface area contributed by atoms with Crippen LogP contribution in [-0.2, 0) is 9.59 Å². The van der Waals surface area contributed by atoms with Gasteiger partial charge in [-0.05, 0) is 25.5 Å². The van der Waals surface area contributed by atoms with E-state index in [2.05, 4.69) is 5.32 Å². The quantitative estimate of drug-likeness (QED) is 0.815. The second-order valence-electron chi connectivity index (χ2n) is 4.91. The van der Waals surface area contributed by atoms with Gasteiger partial charge >= 0.3 is 5.97 Å². The van der Waals surface area contributed by atoms with Crippen LogP contribution < -0.4 is 5.32 Å². The summed E-state index contributed by atoms with van der Waals surface area (Å²) in [6, 6.07) is 4.37. The molecule has 1 aromatic rings. The summed E-state index contributed by atoms with van der Waals surface area (Å²) in [6.07, 6.45) is 0. The fourth-order valence-corrected chi connectivity index (χ4v) is 2.20. The number of carbonyl (C=O) groups excluding carboxylic acids is 2. The van der Waals surface area contributed by atoms with Crippen molar-refractivity contribution in [3.63, 3.8) is 0 Å². The topological polar surface area (TPSA) is 86.7 Å². The summed E-state index contributed by atoms with van der Waals surface area (Å²) in [5, 5.41) is 11.6. The molecule has 1 aliphatic rings. The molecule has 0 aliphatic carbocycles. The fraction of sp³-hybridized carbons (Fsp3) is 0.357. The van der Waals surface area contributed by atoms with Crippen LogP contribution in [0.25, 0.3) is 0 Å². The largest absolute Gasteiger partial charge is 0.480 e. The van der Waals surface area contributed by atoms with E-state index >= 15 is 0 Å². The lowest BCUT2D eigenvalue weighted by Crippen LogP contribution is -2.59. The van der Waals surface area contributed by atoms with Gasteiger partial charge in [0, 0.05) is 12.1 Å². The van der Waals surface area contributed by atoms with E-state index in [9.17, 15) is 14.4 Å². The van der Waals surface area contributed by atoms with E-state index in [1.807, 2.05) is 19.1 Å². The van der Waals surface area contributed by atoms with Gasteiger partial charge in [0.1, 0.15) is 12.6 Å². The van der Waals surface area contributed by atoms with Crippen LogP contribution in [0.2, 0.25) is 0 Å². The fourth-order valence-electron chi connectivity index (χ4n) is 2.20. The molecule has 1 atom stereocenters. The van der Waals surface area contributed by atoms with E-state index in [1.54, 1.807) is 13.0 Å². The molecule has 0 spiro atoms. The number of hydrogen-bond donors (Lipinski definition) is 2. The van der Waals surface area contributed by atoms with Crippen LogP contribution in [0.5, 0.6) is 0 Å². The van der Waals surface area contributed by atoms with E-state index < -0.39 is 17.9 Å². The summed E-state index contributed by atoms with van der Waals surface area (Å²) in [5.74, 6) is -1.89. The molecule has 1 saturated heterocycles. The maximum atomic E-state index is 12.5. The minimum Gasteiger partial charge on any atom is -0.480 e. The molecule has 2 N–H and O–H groups in total. The van der Waals surface area contributed by atoms with Gasteiger partial charge in [0.15, 0.2) is 0 Å². The molecule has 1 aromatic carbocycles. The lowest BCUT2D eigenvalue weighted by Gasteiger charge is -2.33. The van der Waals surface area contributed by atoms with Gasteiger partial charge in [0.25, 0.3) is 5.91 Å². The summed E-state index contributed by atoms with van der Waals surface area (Å²) in [6.45, 7) is 3.34. The first-order valence-corrected chi connectivity index (χ1v) is 6.28. The zero-order chi connectivity index (χ0) is 14.9. The van der Waals surface area contributed by atoms with Gasteiger partial charge in [0.05, 0.1) is 0 Å². The maximum Gasteiger partial charge on any atom is 0.328 e. The number of carbonyl (C=O) groups is 3. The zero-order valence-electron chi connectivity index (χ0n) is 11.3. The van der Waals surface area contributed by atoms with Crippen LogP contribution in [0, 0.1) is 13.8 Å². The number of carboxylic acids is 1. The lowest BCUT2D eigenvalue weighted by atomic mass is 10.0. The van der Waals surface area contributed by atoms with Crippen molar-refractivity contribution in [2.75, 3.05) is 13.1 Å². The van der Waals surface area contributed by atoms with Crippen LogP contribution in [0.4, 0.5) is 0 Å². The van der Waals surface area contributed by atoms with Crippen LogP contribution >= 0.6 is 0 Å². The van der Waals surface area contributed by atoms with E-state index in [-0.39, 0.29) is 19.0 Å². The van der Waals surface area contributed by atoms with Crippen molar-refractivity contribution >= 4 is 17.8 Å². The SMILES string of the molecule is Cc1ccc(C)c(C(=O)N2CC(=O)NCC2C(=O)O)c1. The molecule has 1 fully saturated rings. The number of nitrogens with zero attached hydrogens (tertiary/aromatic N) is 1. The zero-order valence-corrected chi connectivity index (χ0v) is 11.3. The van der Waals surface area contributed by atoms with Gasteiger partial charge in [-0.15, -0.1) is 0 Å². The van der Waals surface area contributed by atoms with Gasteiger partial charge in [-0.3, -0.25) is 9.59 Å². The highest BCUT2D eigenvalue weighted by atomic mass is 16.4. The lowest BCUT2D eigenvalue weighted by molar-refractivity contribution is -0.144. The van der Waals surface area contributed by atoms with Crippen LogP contribution in [0.3, 0.4) is 0 Å². The van der Waals surface area contributed by atoms with Gasteiger partial charge < -0.3 is 15.3 Å². The molecule has 6 nitrogen and oxygen atoms in total. The van der Waals surface area contributed by atoms with Crippen molar-refractivity contribution in [2.45, 2.75) is 19.9 Å². The molecule has 1 unspecified atom stereocenters. The molecule has 1 heterocycles. The van der Waals surface area contributed by atoms with Crippen LogP contribution in [-0.4, -0.2) is 46.9 Å². The van der Waals surface area contributed by atoms with Crippen molar-refractivity contribution in [3.8, 4) is 0 Å². The highest BCUT2D eigenvalue weighted by molar-refractivity contribution is 6.01. The monoisotopic (exact) mass is 276 g/mol. The molecule has 0 radical (unpaired) electrons. The summed E-state index contributed by atoms with van der Waals surface area (Å²) < 4.78 is 0. The van der Waals surface area contributed by atoms with Gasteiger partial charge in [-0.25, -0.2) is 4.79 Å². The standard InChI is InChI=1S/C14H16N2O4/c1-8-3-4-9(2)10(5-8)13(18)16-7-12(17)15-6-11(16)14(19)20/h3-5,11H,6-7H2,1-2H3,(H,15,17)(H,19,20). The molecule has 2 rings (SSSR count). The van der Waals surface area contributed by atoms with Crippen LogP contribution in [0.15, 0.2) is 18.2 Å². The second kappa shape index (κ2) is 5.32. The molecule has 0 bridgehead atoms.